The molecular weight excluding hydrogens is 675 g/mol. The first kappa shape index (κ1) is 50.0. The summed E-state index contributed by atoms with van der Waals surface area (Å²) < 4.78 is 32.5. The Morgan fingerprint density at radius 2 is 0.981 bits per heavy atom. The molecule has 0 heterocycles. The third-order valence-electron chi connectivity index (χ3n) is 8.65. The first-order valence-electron chi connectivity index (χ1n) is 20.9. The van der Waals surface area contributed by atoms with Crippen LogP contribution in [0.25, 0.3) is 0 Å². The zero-order valence-corrected chi connectivity index (χ0v) is 34.3. The van der Waals surface area contributed by atoms with Gasteiger partial charge in [0.2, 0.25) is 0 Å². The highest BCUT2D eigenvalue weighted by Gasteiger charge is 2.25. The van der Waals surface area contributed by atoms with Crippen molar-refractivity contribution in [1.82, 2.24) is 0 Å². The van der Waals surface area contributed by atoms with E-state index in [2.05, 4.69) is 62.5 Å². The number of phosphoric ester groups is 1. The van der Waals surface area contributed by atoms with E-state index >= 15 is 0 Å². The molecule has 302 valence electrons. The van der Waals surface area contributed by atoms with Gasteiger partial charge in [-0.05, 0) is 58.3 Å². The van der Waals surface area contributed by atoms with Crippen LogP contribution in [0.1, 0.15) is 188 Å². The Morgan fingerprint density at radius 1 is 0.538 bits per heavy atom. The molecule has 52 heavy (non-hydrogen) atoms. The Kier molecular flexibility index (Phi) is 37.2. The second-order valence-corrected chi connectivity index (χ2v) is 15.1. The van der Waals surface area contributed by atoms with Crippen molar-refractivity contribution in [3.05, 3.63) is 48.6 Å². The van der Waals surface area contributed by atoms with Gasteiger partial charge in [0.05, 0.1) is 13.2 Å². The van der Waals surface area contributed by atoms with Gasteiger partial charge >= 0.3 is 19.8 Å². The molecule has 2 unspecified atom stereocenters. The molecule has 0 radical (unpaired) electrons. The Hall–Kier alpha value is -1.99. The Balaban J connectivity index is 4.01. The number of hydrogen-bond donors (Lipinski definition) is 1. The molecule has 0 spiro atoms. The molecule has 0 aliphatic rings. The highest BCUT2D eigenvalue weighted by molar-refractivity contribution is 7.47. The maximum Gasteiger partial charge on any atom is 0.472 e. The van der Waals surface area contributed by atoms with Gasteiger partial charge in [-0.1, -0.05) is 165 Å². The molecule has 0 fully saturated rings. The SMILES string of the molecule is CC/C=C\C/C=C\C/C=C\C/C=C\CCCCCCCCCCCCC(=O)OC(COC(=O)CCCCCCCCCCC)COP(=O)(O)OCC. The van der Waals surface area contributed by atoms with Crippen LogP contribution < -0.4 is 0 Å². The van der Waals surface area contributed by atoms with E-state index in [4.69, 9.17) is 18.5 Å². The van der Waals surface area contributed by atoms with Crippen LogP contribution in [0.15, 0.2) is 48.6 Å². The van der Waals surface area contributed by atoms with Gasteiger partial charge in [-0.2, -0.15) is 0 Å². The minimum Gasteiger partial charge on any atom is -0.462 e. The van der Waals surface area contributed by atoms with Gasteiger partial charge in [-0.3, -0.25) is 18.6 Å². The van der Waals surface area contributed by atoms with Gasteiger partial charge < -0.3 is 14.4 Å². The molecule has 2 atom stereocenters. The van der Waals surface area contributed by atoms with Crippen molar-refractivity contribution in [1.29, 1.82) is 0 Å². The van der Waals surface area contributed by atoms with Crippen molar-refractivity contribution in [2.75, 3.05) is 19.8 Å². The molecule has 8 nitrogen and oxygen atoms in total. The summed E-state index contributed by atoms with van der Waals surface area (Å²) in [6, 6.07) is 0. The van der Waals surface area contributed by atoms with Gasteiger partial charge in [-0.25, -0.2) is 4.57 Å². The van der Waals surface area contributed by atoms with Crippen molar-refractivity contribution >= 4 is 19.8 Å². The molecule has 0 saturated heterocycles. The number of rotatable bonds is 38. The van der Waals surface area contributed by atoms with E-state index in [-0.39, 0.29) is 25.6 Å². The lowest BCUT2D eigenvalue weighted by Gasteiger charge is -2.19. The Labute approximate surface area is 318 Å². The summed E-state index contributed by atoms with van der Waals surface area (Å²) in [7, 11) is -4.27. The molecular formula is C43H77O8P. The number of unbranched alkanes of at least 4 members (excludes halogenated alkanes) is 18. The molecule has 0 aliphatic heterocycles. The fraction of sp³-hybridized carbons (Fsp3) is 0.767. The van der Waals surface area contributed by atoms with Crippen molar-refractivity contribution in [3.63, 3.8) is 0 Å². The summed E-state index contributed by atoms with van der Waals surface area (Å²) in [6.45, 7) is 5.33. The van der Waals surface area contributed by atoms with Gasteiger partial charge in [0.1, 0.15) is 6.61 Å². The van der Waals surface area contributed by atoms with Crippen LogP contribution in [0.2, 0.25) is 0 Å². The Morgan fingerprint density at radius 3 is 1.48 bits per heavy atom. The molecule has 0 aromatic heterocycles. The van der Waals surface area contributed by atoms with Crippen molar-refractivity contribution < 1.29 is 37.6 Å². The van der Waals surface area contributed by atoms with E-state index in [1.165, 1.54) is 77.0 Å². The number of phosphoric acid groups is 1. The minimum absolute atomic E-state index is 0.000783. The minimum atomic E-state index is -4.27. The third kappa shape index (κ3) is 37.8. The fourth-order valence-electron chi connectivity index (χ4n) is 5.62. The van der Waals surface area contributed by atoms with Crippen LogP contribution in [0.3, 0.4) is 0 Å². The molecule has 0 bridgehead atoms. The second-order valence-electron chi connectivity index (χ2n) is 13.6. The predicted octanol–water partition coefficient (Wildman–Crippen LogP) is 13.0. The lowest BCUT2D eigenvalue weighted by atomic mass is 10.0. The largest absolute Gasteiger partial charge is 0.472 e. The predicted molar refractivity (Wildman–Crippen MR) is 216 cm³/mol. The number of ether oxygens (including phenoxy) is 2. The summed E-state index contributed by atoms with van der Waals surface area (Å²) in [5.74, 6) is -0.805. The molecule has 0 saturated carbocycles. The number of carbonyl (C=O) groups is 2. The van der Waals surface area contributed by atoms with Crippen LogP contribution in [-0.2, 0) is 32.7 Å². The molecule has 0 rings (SSSR count). The quantitative estimate of drug-likeness (QED) is 0.0287. The zero-order valence-electron chi connectivity index (χ0n) is 33.5. The third-order valence-corrected chi connectivity index (χ3v) is 9.71. The maximum absolute atomic E-state index is 12.5. The monoisotopic (exact) mass is 753 g/mol. The van der Waals surface area contributed by atoms with E-state index in [9.17, 15) is 19.0 Å². The average Bonchev–Trinajstić information content (AvgIpc) is 3.12. The van der Waals surface area contributed by atoms with Gasteiger partial charge in [0, 0.05) is 12.8 Å². The molecule has 0 aromatic rings. The first-order chi connectivity index (χ1) is 25.3. The van der Waals surface area contributed by atoms with Crippen LogP contribution in [0, 0.1) is 0 Å². The lowest BCUT2D eigenvalue weighted by Crippen LogP contribution is -2.29. The highest BCUT2D eigenvalue weighted by Crippen LogP contribution is 2.43. The molecule has 1 N–H and O–H groups in total. The number of allylic oxidation sites excluding steroid dienone is 8. The summed E-state index contributed by atoms with van der Waals surface area (Å²) in [5.41, 5.74) is 0. The van der Waals surface area contributed by atoms with E-state index in [1.807, 2.05) is 0 Å². The van der Waals surface area contributed by atoms with E-state index < -0.39 is 26.5 Å². The smallest absolute Gasteiger partial charge is 0.462 e. The standard InChI is InChI=1S/C43H77O8P/c1-4-7-9-11-13-15-16-17-18-19-20-21-22-23-24-25-26-27-28-30-32-34-36-38-43(45)51-41(40-50-52(46,47)49-6-3)39-48-42(44)37-35-33-31-29-14-12-10-8-5-2/h7,9,13,15,17-18,20-21,41H,4-6,8,10-12,14,16,19,22-40H2,1-3H3,(H,46,47)/b9-7-,15-13-,18-17-,21-20-. The Bertz CT molecular complexity index is 990. The van der Waals surface area contributed by atoms with Crippen LogP contribution in [0.5, 0.6) is 0 Å². The van der Waals surface area contributed by atoms with E-state index in [1.54, 1.807) is 6.92 Å². The number of esters is 2. The van der Waals surface area contributed by atoms with Gasteiger partial charge in [-0.15, -0.1) is 0 Å². The molecule has 0 aromatic carbocycles. The van der Waals surface area contributed by atoms with Crippen molar-refractivity contribution in [2.45, 2.75) is 194 Å². The summed E-state index contributed by atoms with van der Waals surface area (Å²) >= 11 is 0. The van der Waals surface area contributed by atoms with E-state index in [0.29, 0.717) is 12.8 Å². The molecule has 0 amide bonds. The summed E-state index contributed by atoms with van der Waals surface area (Å²) in [6.07, 6.45) is 44.6. The molecule has 0 aliphatic carbocycles. The normalized spacial score (nSPS) is 13.8. The summed E-state index contributed by atoms with van der Waals surface area (Å²) in [4.78, 5) is 34.6. The van der Waals surface area contributed by atoms with Gasteiger partial charge in [0.25, 0.3) is 0 Å². The second kappa shape index (κ2) is 38.7. The topological polar surface area (TPSA) is 108 Å². The maximum atomic E-state index is 12.5. The lowest BCUT2D eigenvalue weighted by molar-refractivity contribution is -0.161. The van der Waals surface area contributed by atoms with Crippen LogP contribution in [-0.4, -0.2) is 42.8 Å². The highest BCUT2D eigenvalue weighted by atomic mass is 31.2. The molecule has 9 heteroatoms. The zero-order chi connectivity index (χ0) is 38.2. The van der Waals surface area contributed by atoms with E-state index in [0.717, 1.165) is 70.6 Å². The van der Waals surface area contributed by atoms with Gasteiger partial charge in [0.15, 0.2) is 6.10 Å². The average molecular weight is 753 g/mol. The van der Waals surface area contributed by atoms with Crippen LogP contribution in [0.4, 0.5) is 0 Å². The fourth-order valence-corrected chi connectivity index (χ4v) is 6.38. The number of hydrogen-bond acceptors (Lipinski definition) is 7. The van der Waals surface area contributed by atoms with Crippen molar-refractivity contribution in [2.24, 2.45) is 0 Å². The summed E-state index contributed by atoms with van der Waals surface area (Å²) in [5, 5.41) is 0. The number of carbonyl (C=O) groups excluding carboxylic acids is 2. The van der Waals surface area contributed by atoms with Crippen molar-refractivity contribution in [3.8, 4) is 0 Å². The first-order valence-corrected chi connectivity index (χ1v) is 22.4. The van der Waals surface area contributed by atoms with Crippen LogP contribution >= 0.6 is 7.82 Å².